The Morgan fingerprint density at radius 1 is 0.661 bits per heavy atom. The van der Waals surface area contributed by atoms with Gasteiger partial charge >= 0.3 is 0 Å². The lowest BCUT2D eigenvalue weighted by molar-refractivity contribution is -0.931. The van der Waals surface area contributed by atoms with Gasteiger partial charge in [-0.25, -0.2) is 0 Å². The summed E-state index contributed by atoms with van der Waals surface area (Å²) in [5, 5.41) is 7.24. The Labute approximate surface area is 393 Å². The Morgan fingerprint density at radius 3 is 1.63 bits per heavy atom. The minimum absolute atomic E-state index is 0. The molecule has 0 aromatic heterocycles. The molecule has 4 fully saturated rings. The number of amides is 2. The lowest BCUT2D eigenvalue weighted by Gasteiger charge is -2.40. The van der Waals surface area contributed by atoms with Crippen LogP contribution in [0.15, 0.2) is 96.1 Å². The lowest BCUT2D eigenvalue weighted by atomic mass is 9.92. The van der Waals surface area contributed by atoms with Crippen molar-refractivity contribution in [3.8, 4) is 11.5 Å². The quantitative estimate of drug-likeness (QED) is 0.125. The largest absolute Gasteiger partial charge is 1.00 e. The first kappa shape index (κ1) is 44.7. The highest BCUT2D eigenvalue weighted by Crippen LogP contribution is 2.49. The molecule has 6 atom stereocenters. The third-order valence-electron chi connectivity index (χ3n) is 14.3. The first-order valence-electron chi connectivity index (χ1n) is 22.0. The van der Waals surface area contributed by atoms with E-state index < -0.39 is 0 Å². The van der Waals surface area contributed by atoms with Crippen molar-refractivity contribution in [1.29, 1.82) is 0 Å². The van der Waals surface area contributed by atoms with Gasteiger partial charge in [-0.15, -0.1) is 0 Å². The number of fused-ring (bicyclic) bond motifs is 6. The molecule has 4 unspecified atom stereocenters. The maximum absolute atomic E-state index is 12.7. The van der Waals surface area contributed by atoms with Gasteiger partial charge in [-0.3, -0.25) is 14.5 Å². The molecule has 326 valence electrons. The van der Waals surface area contributed by atoms with Crippen LogP contribution in [0.3, 0.4) is 0 Å². The summed E-state index contributed by atoms with van der Waals surface area (Å²) in [4.78, 5) is 27.9. The summed E-state index contributed by atoms with van der Waals surface area (Å²) in [6.07, 6.45) is 15.0. The van der Waals surface area contributed by atoms with Crippen LogP contribution in [0.5, 0.6) is 11.5 Å². The Bertz CT molecular complexity index is 2350. The first-order valence-corrected chi connectivity index (χ1v) is 22.8. The van der Waals surface area contributed by atoms with E-state index in [1.807, 2.05) is 48.6 Å². The van der Waals surface area contributed by atoms with Crippen LogP contribution < -0.4 is 44.1 Å². The predicted molar refractivity (Wildman–Crippen MR) is 246 cm³/mol. The van der Waals surface area contributed by atoms with E-state index in [1.54, 1.807) is 24.3 Å². The van der Waals surface area contributed by atoms with Gasteiger partial charge in [0.1, 0.15) is 31.3 Å². The van der Waals surface area contributed by atoms with Crippen LogP contribution in [0.25, 0.3) is 12.2 Å². The topological polar surface area (TPSA) is 79.9 Å². The van der Waals surface area contributed by atoms with Crippen LogP contribution in [0, 0.1) is 23.7 Å². The maximum Gasteiger partial charge on any atom is 0.255 e. The van der Waals surface area contributed by atoms with E-state index in [0.717, 1.165) is 75.8 Å². The Balaban J connectivity index is 0.000000168. The van der Waals surface area contributed by atoms with Crippen LogP contribution >= 0.6 is 23.2 Å². The minimum Gasteiger partial charge on any atom is -1.00 e. The van der Waals surface area contributed by atoms with Gasteiger partial charge in [-0.2, -0.15) is 0 Å². The van der Waals surface area contributed by atoms with E-state index >= 15 is 0 Å². The molecular formula is C51H57Cl2IN4O4. The molecule has 4 saturated carbocycles. The van der Waals surface area contributed by atoms with Gasteiger partial charge in [0.05, 0.1) is 31.3 Å². The van der Waals surface area contributed by atoms with E-state index in [4.69, 9.17) is 32.7 Å². The molecule has 62 heavy (non-hydrogen) atoms. The second kappa shape index (κ2) is 19.1. The fourth-order valence-electron chi connectivity index (χ4n) is 11.2. The van der Waals surface area contributed by atoms with Gasteiger partial charge in [-0.1, -0.05) is 53.9 Å². The van der Waals surface area contributed by atoms with E-state index in [2.05, 4.69) is 60.9 Å². The third-order valence-corrected chi connectivity index (χ3v) is 14.7. The first-order chi connectivity index (χ1) is 29.4. The summed E-state index contributed by atoms with van der Waals surface area (Å²) < 4.78 is 12.4. The fraction of sp³-hybridized carbons (Fsp3) is 0.412. The Hall–Kier alpha value is -3.87. The van der Waals surface area contributed by atoms with Gasteiger partial charge in [-0.05, 0) is 142 Å². The number of carbonyl (C=O) groups is 2. The summed E-state index contributed by atoms with van der Waals surface area (Å²) in [5.74, 6) is 4.88. The lowest BCUT2D eigenvalue weighted by Crippen LogP contribution is -3.00. The molecule has 4 aliphatic carbocycles. The summed E-state index contributed by atoms with van der Waals surface area (Å²) in [5.41, 5.74) is 7.15. The van der Waals surface area contributed by atoms with E-state index in [0.29, 0.717) is 32.7 Å². The van der Waals surface area contributed by atoms with Crippen LogP contribution in [-0.4, -0.2) is 67.6 Å². The highest BCUT2D eigenvalue weighted by Gasteiger charge is 2.47. The van der Waals surface area contributed by atoms with Gasteiger partial charge in [0, 0.05) is 63.0 Å². The molecule has 2 N–H and O–H groups in total. The number of nitrogens with zero attached hydrogens (tertiary/aromatic N) is 2. The zero-order valence-electron chi connectivity index (χ0n) is 35.8. The monoisotopic (exact) mass is 986 g/mol. The molecule has 0 spiro atoms. The van der Waals surface area contributed by atoms with Gasteiger partial charge in [0.15, 0.2) is 0 Å². The van der Waals surface area contributed by atoms with Crippen molar-refractivity contribution < 1.29 is 47.5 Å². The molecule has 0 saturated heterocycles. The zero-order valence-corrected chi connectivity index (χ0v) is 39.5. The number of benzene rings is 4. The summed E-state index contributed by atoms with van der Waals surface area (Å²) in [6.45, 7) is 2.47. The molecule has 2 amide bonds. The Morgan fingerprint density at radius 2 is 1.16 bits per heavy atom. The Kier molecular flexibility index (Phi) is 13.8. The van der Waals surface area contributed by atoms with Crippen molar-refractivity contribution in [2.45, 2.75) is 76.5 Å². The maximum atomic E-state index is 12.7. The van der Waals surface area contributed by atoms with Crippen molar-refractivity contribution in [3.63, 3.8) is 0 Å². The van der Waals surface area contributed by atoms with Crippen molar-refractivity contribution in [2.24, 2.45) is 23.7 Å². The molecule has 4 bridgehead atoms. The van der Waals surface area contributed by atoms with E-state index in [9.17, 15) is 9.59 Å². The number of ether oxygens (including phenoxy) is 2. The third kappa shape index (κ3) is 10.2. The second-order valence-electron chi connectivity index (χ2n) is 18.9. The van der Waals surface area contributed by atoms with E-state index in [-0.39, 0.29) is 49.0 Å². The fourth-order valence-corrected chi connectivity index (χ4v) is 11.5. The van der Waals surface area contributed by atoms with Crippen molar-refractivity contribution in [2.75, 3.05) is 45.0 Å². The number of hydrogen-bond acceptors (Lipinski definition) is 5. The zero-order chi connectivity index (χ0) is 42.3. The molecule has 4 aromatic carbocycles. The normalized spacial score (nSPS) is 24.0. The predicted octanol–water partition coefficient (Wildman–Crippen LogP) is 7.90. The molecule has 6 aliphatic rings. The van der Waals surface area contributed by atoms with Crippen LogP contribution in [0.4, 0.5) is 11.4 Å². The summed E-state index contributed by atoms with van der Waals surface area (Å²) >= 11 is 12.0. The average Bonchev–Trinajstić information content (AvgIpc) is 4.09. The SMILES string of the molecule is CN(Cc1ccc(NC(=O)C2=Cc3ccc(Cl)cc3OC2)cc1)[C@H]1CC2CCC1C2.C[N+](C)(Cc1ccc(NC(=O)C2=Cc3ccc(Cl)cc3OC2)cc1)[C@H]1CC2CCC1C2.[I-]. The van der Waals surface area contributed by atoms with Crippen molar-refractivity contribution >= 4 is 58.5 Å². The molecule has 11 heteroatoms. The molecule has 4 aromatic rings. The van der Waals surface area contributed by atoms with Crippen LogP contribution in [0.1, 0.15) is 73.6 Å². The molecule has 2 aliphatic heterocycles. The average molecular weight is 988 g/mol. The molecule has 8 nitrogen and oxygen atoms in total. The number of anilines is 2. The summed E-state index contributed by atoms with van der Waals surface area (Å²) in [7, 11) is 7.00. The highest BCUT2D eigenvalue weighted by molar-refractivity contribution is 6.31. The number of nitrogens with one attached hydrogen (secondary N) is 2. The molecular weight excluding hydrogens is 930 g/mol. The number of carbonyl (C=O) groups excluding carboxylic acids is 2. The number of rotatable bonds is 10. The number of hydrogen-bond donors (Lipinski definition) is 2. The molecule has 2 heterocycles. The van der Waals surface area contributed by atoms with Gasteiger partial charge < -0.3 is 48.6 Å². The number of quaternary nitrogens is 1. The van der Waals surface area contributed by atoms with Crippen molar-refractivity contribution in [1.82, 2.24) is 4.90 Å². The molecule has 10 rings (SSSR count). The standard InChI is InChI=1S/C26H29ClN2O2.C25H27ClN2O2.HI/c1-29(2,24-12-18-3-6-19(24)11-18)15-17-4-9-23(10-5-17)28-26(30)21-13-20-7-8-22(27)14-25(20)31-16-21;1-28(23-11-17-2-5-18(23)10-17)14-16-3-8-22(9-4-16)27-25(29)20-12-19-6-7-21(26)13-24(19)30-15-20;/h4-5,7-10,13-14,18-19,24H,3,6,11-12,15-16H2,1-2H3;3-4,6-9,12-13,17-18,23H,2,5,10-11,14-15H2,1H3,(H,27,29);1H/t18?,19?,24-;17?,18?,23-;/m00./s1. The smallest absolute Gasteiger partial charge is 0.255 e. The summed E-state index contributed by atoms with van der Waals surface area (Å²) in [6, 6.07) is 28.9. The van der Waals surface area contributed by atoms with Crippen LogP contribution in [0.2, 0.25) is 10.0 Å². The van der Waals surface area contributed by atoms with Gasteiger partial charge in [0.25, 0.3) is 11.8 Å². The van der Waals surface area contributed by atoms with Gasteiger partial charge in [0.2, 0.25) is 0 Å². The van der Waals surface area contributed by atoms with Crippen LogP contribution in [-0.2, 0) is 22.7 Å². The number of halogens is 3. The highest BCUT2D eigenvalue weighted by atomic mass is 127. The second-order valence-corrected chi connectivity index (χ2v) is 19.8. The van der Waals surface area contributed by atoms with E-state index in [1.165, 1.54) is 62.5 Å². The molecule has 0 radical (unpaired) electrons. The minimum atomic E-state index is -0.137. The van der Waals surface area contributed by atoms with Crippen molar-refractivity contribution in [3.05, 3.63) is 128 Å².